The summed E-state index contributed by atoms with van der Waals surface area (Å²) in [5, 5.41) is 2.98. The zero-order valence-electron chi connectivity index (χ0n) is 10.5. The van der Waals surface area contributed by atoms with Crippen molar-refractivity contribution in [2.24, 2.45) is 0 Å². The summed E-state index contributed by atoms with van der Waals surface area (Å²) in [6, 6.07) is 6.49. The molecule has 3 heteroatoms. The first-order valence-corrected chi connectivity index (χ1v) is 6.23. The molecule has 0 fully saturated rings. The SMILES string of the molecule is CCC(=O)NC(C)Cc1ccc2c(c1)CCO2. The molecule has 1 aliphatic heterocycles. The molecule has 92 valence electrons. The first-order chi connectivity index (χ1) is 8.19. The van der Waals surface area contributed by atoms with Crippen molar-refractivity contribution in [3.05, 3.63) is 29.3 Å². The summed E-state index contributed by atoms with van der Waals surface area (Å²) in [6.07, 6.45) is 2.42. The Morgan fingerprint density at radius 1 is 1.53 bits per heavy atom. The van der Waals surface area contributed by atoms with Gasteiger partial charge in [0.25, 0.3) is 0 Å². The van der Waals surface area contributed by atoms with Crippen molar-refractivity contribution in [2.75, 3.05) is 6.61 Å². The molecule has 0 saturated carbocycles. The maximum absolute atomic E-state index is 11.3. The molecule has 1 atom stereocenters. The average molecular weight is 233 g/mol. The van der Waals surface area contributed by atoms with Gasteiger partial charge in [-0.2, -0.15) is 0 Å². The monoisotopic (exact) mass is 233 g/mol. The molecular formula is C14H19NO2. The molecule has 0 radical (unpaired) electrons. The van der Waals surface area contributed by atoms with E-state index in [9.17, 15) is 4.79 Å². The number of carbonyl (C=O) groups is 1. The molecule has 1 unspecified atom stereocenters. The van der Waals surface area contributed by atoms with Gasteiger partial charge in [-0.1, -0.05) is 19.1 Å². The topological polar surface area (TPSA) is 38.3 Å². The highest BCUT2D eigenvalue weighted by Gasteiger charge is 2.13. The van der Waals surface area contributed by atoms with Crippen molar-refractivity contribution in [3.63, 3.8) is 0 Å². The molecule has 0 bridgehead atoms. The first-order valence-electron chi connectivity index (χ1n) is 6.23. The summed E-state index contributed by atoms with van der Waals surface area (Å²) in [5.74, 6) is 1.13. The van der Waals surface area contributed by atoms with Gasteiger partial charge >= 0.3 is 0 Å². The lowest BCUT2D eigenvalue weighted by Crippen LogP contribution is -2.33. The Hall–Kier alpha value is -1.51. The summed E-state index contributed by atoms with van der Waals surface area (Å²) >= 11 is 0. The molecule has 3 nitrogen and oxygen atoms in total. The zero-order chi connectivity index (χ0) is 12.3. The van der Waals surface area contributed by atoms with Crippen LogP contribution in [0.5, 0.6) is 5.75 Å². The number of rotatable bonds is 4. The van der Waals surface area contributed by atoms with Gasteiger partial charge in [0.1, 0.15) is 5.75 Å². The minimum absolute atomic E-state index is 0.113. The van der Waals surface area contributed by atoms with E-state index in [1.54, 1.807) is 0 Å². The van der Waals surface area contributed by atoms with Gasteiger partial charge in [-0.15, -0.1) is 0 Å². The molecule has 0 spiro atoms. The summed E-state index contributed by atoms with van der Waals surface area (Å²) in [4.78, 5) is 11.3. The lowest BCUT2D eigenvalue weighted by molar-refractivity contribution is -0.121. The fourth-order valence-electron chi connectivity index (χ4n) is 2.15. The number of benzene rings is 1. The van der Waals surface area contributed by atoms with Crippen LogP contribution in [0.15, 0.2) is 18.2 Å². The normalized spacial score (nSPS) is 14.9. The van der Waals surface area contributed by atoms with Gasteiger partial charge in [0.15, 0.2) is 0 Å². The highest BCUT2D eigenvalue weighted by Crippen LogP contribution is 2.26. The van der Waals surface area contributed by atoms with E-state index >= 15 is 0 Å². The molecule has 0 aromatic heterocycles. The lowest BCUT2D eigenvalue weighted by Gasteiger charge is -2.13. The molecule has 1 aromatic rings. The molecule has 17 heavy (non-hydrogen) atoms. The van der Waals surface area contributed by atoms with Gasteiger partial charge in [-0.25, -0.2) is 0 Å². The lowest BCUT2D eigenvalue weighted by atomic mass is 10.0. The number of amides is 1. The smallest absolute Gasteiger partial charge is 0.219 e. The Morgan fingerprint density at radius 3 is 3.12 bits per heavy atom. The van der Waals surface area contributed by atoms with E-state index in [1.165, 1.54) is 11.1 Å². The molecule has 1 aliphatic rings. The van der Waals surface area contributed by atoms with Crippen molar-refractivity contribution in [1.29, 1.82) is 0 Å². The number of nitrogens with one attached hydrogen (secondary N) is 1. The van der Waals surface area contributed by atoms with E-state index in [0.717, 1.165) is 25.2 Å². The van der Waals surface area contributed by atoms with Crippen LogP contribution in [0.2, 0.25) is 0 Å². The van der Waals surface area contributed by atoms with Crippen LogP contribution < -0.4 is 10.1 Å². The average Bonchev–Trinajstić information content (AvgIpc) is 2.75. The van der Waals surface area contributed by atoms with Crippen molar-refractivity contribution in [3.8, 4) is 5.75 Å². The summed E-state index contributed by atoms with van der Waals surface area (Å²) in [6.45, 7) is 4.70. The van der Waals surface area contributed by atoms with Crippen LogP contribution in [0.3, 0.4) is 0 Å². The molecular weight excluding hydrogens is 214 g/mol. The Morgan fingerprint density at radius 2 is 2.35 bits per heavy atom. The van der Waals surface area contributed by atoms with Crippen molar-refractivity contribution >= 4 is 5.91 Å². The van der Waals surface area contributed by atoms with Crippen LogP contribution in [-0.2, 0) is 17.6 Å². The number of fused-ring (bicyclic) bond motifs is 1. The standard InChI is InChI=1S/C14H19NO2/c1-3-14(16)15-10(2)8-11-4-5-13-12(9-11)6-7-17-13/h4-5,9-10H,3,6-8H2,1-2H3,(H,15,16). The van der Waals surface area contributed by atoms with Crippen molar-refractivity contribution in [1.82, 2.24) is 5.32 Å². The third kappa shape index (κ3) is 2.99. The minimum atomic E-state index is 0.113. The molecule has 0 saturated heterocycles. The zero-order valence-corrected chi connectivity index (χ0v) is 10.5. The quantitative estimate of drug-likeness (QED) is 0.864. The highest BCUT2D eigenvalue weighted by atomic mass is 16.5. The molecule has 0 aliphatic carbocycles. The minimum Gasteiger partial charge on any atom is -0.493 e. The fourth-order valence-corrected chi connectivity index (χ4v) is 2.15. The molecule has 1 amide bonds. The first kappa shape index (κ1) is 12.0. The molecule has 2 rings (SSSR count). The van der Waals surface area contributed by atoms with E-state index in [1.807, 2.05) is 19.9 Å². The predicted molar refractivity (Wildman–Crippen MR) is 67.2 cm³/mol. The van der Waals surface area contributed by atoms with Gasteiger partial charge in [0.05, 0.1) is 6.61 Å². The number of carbonyl (C=O) groups excluding carboxylic acids is 1. The summed E-state index contributed by atoms with van der Waals surface area (Å²) in [7, 11) is 0. The maximum atomic E-state index is 11.3. The maximum Gasteiger partial charge on any atom is 0.219 e. The van der Waals surface area contributed by atoms with Crippen LogP contribution in [0.4, 0.5) is 0 Å². The Balaban J connectivity index is 1.97. The second-order valence-electron chi connectivity index (χ2n) is 4.57. The highest BCUT2D eigenvalue weighted by molar-refractivity contribution is 5.75. The Labute approximate surface area is 102 Å². The van der Waals surface area contributed by atoms with Gasteiger partial charge < -0.3 is 10.1 Å². The Bertz CT molecular complexity index is 415. The predicted octanol–water partition coefficient (Wildman–Crippen LogP) is 2.08. The van der Waals surface area contributed by atoms with Crippen LogP contribution >= 0.6 is 0 Å². The van der Waals surface area contributed by atoms with E-state index in [0.29, 0.717) is 6.42 Å². The van der Waals surface area contributed by atoms with E-state index in [4.69, 9.17) is 4.74 Å². The number of ether oxygens (including phenoxy) is 1. The summed E-state index contributed by atoms with van der Waals surface area (Å²) < 4.78 is 5.47. The van der Waals surface area contributed by atoms with E-state index in [2.05, 4.69) is 17.4 Å². The van der Waals surface area contributed by atoms with Crippen LogP contribution in [0.25, 0.3) is 0 Å². The van der Waals surface area contributed by atoms with Crippen LogP contribution in [-0.4, -0.2) is 18.6 Å². The number of hydrogen-bond donors (Lipinski definition) is 1. The Kier molecular flexibility index (Phi) is 3.67. The molecule has 1 N–H and O–H groups in total. The largest absolute Gasteiger partial charge is 0.493 e. The molecule has 1 aromatic carbocycles. The van der Waals surface area contributed by atoms with Gasteiger partial charge in [-0.3, -0.25) is 4.79 Å². The van der Waals surface area contributed by atoms with Crippen LogP contribution in [0.1, 0.15) is 31.4 Å². The summed E-state index contributed by atoms with van der Waals surface area (Å²) in [5.41, 5.74) is 2.55. The van der Waals surface area contributed by atoms with Gasteiger partial charge in [0.2, 0.25) is 5.91 Å². The van der Waals surface area contributed by atoms with Crippen molar-refractivity contribution in [2.45, 2.75) is 39.2 Å². The second kappa shape index (κ2) is 5.21. The van der Waals surface area contributed by atoms with Crippen molar-refractivity contribution < 1.29 is 9.53 Å². The number of hydrogen-bond acceptors (Lipinski definition) is 2. The third-order valence-electron chi connectivity index (χ3n) is 3.02. The third-order valence-corrected chi connectivity index (χ3v) is 3.02. The molecule has 1 heterocycles. The second-order valence-corrected chi connectivity index (χ2v) is 4.57. The van der Waals surface area contributed by atoms with Gasteiger partial charge in [-0.05, 0) is 30.5 Å². The van der Waals surface area contributed by atoms with Gasteiger partial charge in [0, 0.05) is 18.9 Å². The van der Waals surface area contributed by atoms with Crippen LogP contribution in [0, 0.1) is 0 Å². The fraction of sp³-hybridized carbons (Fsp3) is 0.500. The van der Waals surface area contributed by atoms with E-state index < -0.39 is 0 Å². The van der Waals surface area contributed by atoms with E-state index in [-0.39, 0.29) is 11.9 Å².